The van der Waals surface area contributed by atoms with Gasteiger partial charge in [-0.05, 0) is 30.7 Å². The first-order chi connectivity index (χ1) is 15.8. The van der Waals surface area contributed by atoms with Crippen molar-refractivity contribution in [1.82, 2.24) is 5.32 Å². The molecular formula is C25H22F2N2O4. The number of para-hydroxylation sites is 1. The quantitative estimate of drug-likeness (QED) is 0.499. The van der Waals surface area contributed by atoms with Gasteiger partial charge in [0.1, 0.15) is 11.6 Å². The van der Waals surface area contributed by atoms with Crippen LogP contribution in [0.4, 0.5) is 14.5 Å². The molecular weight excluding hydrogens is 430 g/mol. The normalized spacial score (nSPS) is 11.4. The maximum absolute atomic E-state index is 13.6. The molecule has 0 spiro atoms. The van der Waals surface area contributed by atoms with Crippen LogP contribution < -0.4 is 10.6 Å². The van der Waals surface area contributed by atoms with Crippen molar-refractivity contribution in [3.8, 4) is 11.1 Å². The fourth-order valence-electron chi connectivity index (χ4n) is 3.05. The van der Waals surface area contributed by atoms with Gasteiger partial charge in [-0.15, -0.1) is 0 Å². The summed E-state index contributed by atoms with van der Waals surface area (Å²) in [5, 5.41) is 5.12. The standard InChI is InChI=1S/C25H22F2N2O4/c1-16(24(31)29-22-10-6-5-9-19(22)17-7-3-2-4-8-17)33-23(30)13-14-28-25(32)20-12-11-18(26)15-21(20)27/h2-12,15-16H,13-14H2,1H3,(H,28,32)(H,29,31). The fourth-order valence-corrected chi connectivity index (χ4v) is 3.05. The maximum Gasteiger partial charge on any atom is 0.308 e. The molecule has 8 heteroatoms. The van der Waals surface area contributed by atoms with Crippen molar-refractivity contribution in [2.24, 2.45) is 0 Å². The molecule has 0 aliphatic heterocycles. The Morgan fingerprint density at radius 3 is 2.36 bits per heavy atom. The number of halogens is 2. The summed E-state index contributed by atoms with van der Waals surface area (Å²) in [7, 11) is 0. The minimum absolute atomic E-state index is 0.139. The van der Waals surface area contributed by atoms with E-state index in [1.165, 1.54) is 6.92 Å². The summed E-state index contributed by atoms with van der Waals surface area (Å²) in [4.78, 5) is 36.5. The van der Waals surface area contributed by atoms with Crippen molar-refractivity contribution in [2.75, 3.05) is 11.9 Å². The van der Waals surface area contributed by atoms with Crippen molar-refractivity contribution < 1.29 is 27.9 Å². The van der Waals surface area contributed by atoms with Crippen LogP contribution in [0.3, 0.4) is 0 Å². The number of ether oxygens (including phenoxy) is 1. The molecule has 0 heterocycles. The zero-order valence-electron chi connectivity index (χ0n) is 17.8. The third kappa shape index (κ3) is 6.46. The Hall–Kier alpha value is -4.07. The Kier molecular flexibility index (Phi) is 7.86. The second-order valence-corrected chi connectivity index (χ2v) is 7.16. The number of hydrogen-bond acceptors (Lipinski definition) is 4. The molecule has 1 unspecified atom stereocenters. The van der Waals surface area contributed by atoms with Gasteiger partial charge in [0.25, 0.3) is 11.8 Å². The van der Waals surface area contributed by atoms with E-state index in [9.17, 15) is 23.2 Å². The van der Waals surface area contributed by atoms with E-state index >= 15 is 0 Å². The molecule has 0 bridgehead atoms. The molecule has 0 saturated heterocycles. The summed E-state index contributed by atoms with van der Waals surface area (Å²) in [5.41, 5.74) is 1.98. The number of esters is 1. The van der Waals surface area contributed by atoms with Gasteiger partial charge in [-0.2, -0.15) is 0 Å². The van der Waals surface area contributed by atoms with Gasteiger partial charge in [-0.1, -0.05) is 48.5 Å². The Labute approximate surface area is 189 Å². The second kappa shape index (κ2) is 11.0. The lowest BCUT2D eigenvalue weighted by Gasteiger charge is -2.16. The largest absolute Gasteiger partial charge is 0.452 e. The van der Waals surface area contributed by atoms with Gasteiger partial charge < -0.3 is 15.4 Å². The van der Waals surface area contributed by atoms with Crippen LogP contribution in [-0.4, -0.2) is 30.4 Å². The van der Waals surface area contributed by atoms with E-state index < -0.39 is 35.5 Å². The van der Waals surface area contributed by atoms with Crippen LogP contribution in [0.25, 0.3) is 11.1 Å². The number of anilines is 1. The van der Waals surface area contributed by atoms with Crippen molar-refractivity contribution in [1.29, 1.82) is 0 Å². The molecule has 0 aliphatic carbocycles. The summed E-state index contributed by atoms with van der Waals surface area (Å²) in [6.45, 7) is 1.30. The van der Waals surface area contributed by atoms with E-state index in [-0.39, 0.29) is 18.5 Å². The molecule has 3 aromatic carbocycles. The van der Waals surface area contributed by atoms with Crippen LogP contribution in [0, 0.1) is 11.6 Å². The summed E-state index contributed by atoms with van der Waals surface area (Å²) >= 11 is 0. The third-order valence-corrected chi connectivity index (χ3v) is 4.74. The Morgan fingerprint density at radius 1 is 0.939 bits per heavy atom. The van der Waals surface area contributed by atoms with Crippen molar-refractivity contribution in [2.45, 2.75) is 19.4 Å². The molecule has 170 valence electrons. The molecule has 0 fully saturated rings. The van der Waals surface area contributed by atoms with Crippen LogP contribution in [-0.2, 0) is 14.3 Å². The zero-order valence-corrected chi connectivity index (χ0v) is 17.8. The predicted octanol–water partition coefficient (Wildman–Crippen LogP) is 4.32. The average Bonchev–Trinajstić information content (AvgIpc) is 2.79. The molecule has 3 rings (SSSR count). The first-order valence-electron chi connectivity index (χ1n) is 10.2. The van der Waals surface area contributed by atoms with Gasteiger partial charge in [0.15, 0.2) is 6.10 Å². The van der Waals surface area contributed by atoms with E-state index in [1.54, 1.807) is 12.1 Å². The number of carbonyl (C=O) groups excluding carboxylic acids is 3. The molecule has 0 aliphatic rings. The number of nitrogens with one attached hydrogen (secondary N) is 2. The van der Waals surface area contributed by atoms with Crippen LogP contribution >= 0.6 is 0 Å². The highest BCUT2D eigenvalue weighted by Gasteiger charge is 2.19. The Morgan fingerprint density at radius 2 is 1.64 bits per heavy atom. The number of carbonyl (C=O) groups is 3. The van der Waals surface area contributed by atoms with Crippen molar-refractivity contribution in [3.63, 3.8) is 0 Å². The summed E-state index contributed by atoms with van der Waals surface area (Å²) in [6, 6.07) is 19.3. The SMILES string of the molecule is CC(OC(=O)CCNC(=O)c1ccc(F)cc1F)C(=O)Nc1ccccc1-c1ccccc1. The second-order valence-electron chi connectivity index (χ2n) is 7.16. The average molecular weight is 452 g/mol. The highest BCUT2D eigenvalue weighted by molar-refractivity contribution is 5.98. The molecule has 6 nitrogen and oxygen atoms in total. The van der Waals surface area contributed by atoms with Crippen LogP contribution in [0.15, 0.2) is 72.8 Å². The number of hydrogen-bond donors (Lipinski definition) is 2. The van der Waals surface area contributed by atoms with Gasteiger partial charge in [0.05, 0.1) is 12.0 Å². The molecule has 1 atom stereocenters. The van der Waals surface area contributed by atoms with E-state index in [0.29, 0.717) is 11.8 Å². The molecule has 0 saturated carbocycles. The fraction of sp³-hybridized carbons (Fsp3) is 0.160. The first-order valence-corrected chi connectivity index (χ1v) is 10.2. The highest BCUT2D eigenvalue weighted by atomic mass is 19.1. The van der Waals surface area contributed by atoms with Gasteiger partial charge in [0, 0.05) is 23.9 Å². The van der Waals surface area contributed by atoms with Gasteiger partial charge in [-0.3, -0.25) is 14.4 Å². The molecule has 0 radical (unpaired) electrons. The Bertz CT molecular complexity index is 1150. The third-order valence-electron chi connectivity index (χ3n) is 4.74. The zero-order chi connectivity index (χ0) is 23.8. The topological polar surface area (TPSA) is 84.5 Å². The van der Waals surface area contributed by atoms with E-state index in [2.05, 4.69) is 10.6 Å². The molecule has 0 aromatic heterocycles. The maximum atomic E-state index is 13.6. The summed E-state index contributed by atoms with van der Waals surface area (Å²) in [5.74, 6) is -3.82. The monoisotopic (exact) mass is 452 g/mol. The van der Waals surface area contributed by atoms with Crippen molar-refractivity contribution >= 4 is 23.5 Å². The summed E-state index contributed by atoms with van der Waals surface area (Å²) < 4.78 is 31.7. The number of amides is 2. The van der Waals surface area contributed by atoms with E-state index in [1.807, 2.05) is 42.5 Å². The summed E-state index contributed by atoms with van der Waals surface area (Å²) in [6.07, 6.45) is -1.31. The van der Waals surface area contributed by atoms with Crippen LogP contribution in [0.1, 0.15) is 23.7 Å². The Balaban J connectivity index is 1.50. The molecule has 2 amide bonds. The lowest BCUT2D eigenvalue weighted by atomic mass is 10.0. The van der Waals surface area contributed by atoms with Gasteiger partial charge in [-0.25, -0.2) is 8.78 Å². The minimum Gasteiger partial charge on any atom is -0.452 e. The highest BCUT2D eigenvalue weighted by Crippen LogP contribution is 2.27. The number of benzene rings is 3. The lowest BCUT2D eigenvalue weighted by molar-refractivity contribution is -0.153. The van der Waals surface area contributed by atoms with Gasteiger partial charge in [0.2, 0.25) is 0 Å². The van der Waals surface area contributed by atoms with Crippen molar-refractivity contribution in [3.05, 3.63) is 90.0 Å². The van der Waals surface area contributed by atoms with E-state index in [0.717, 1.165) is 23.3 Å². The smallest absolute Gasteiger partial charge is 0.308 e. The molecule has 3 aromatic rings. The molecule has 33 heavy (non-hydrogen) atoms. The lowest BCUT2D eigenvalue weighted by Crippen LogP contribution is -2.32. The predicted molar refractivity (Wildman–Crippen MR) is 119 cm³/mol. The number of rotatable bonds is 8. The van der Waals surface area contributed by atoms with Crippen LogP contribution in [0.2, 0.25) is 0 Å². The minimum atomic E-state index is -1.08. The van der Waals surface area contributed by atoms with Gasteiger partial charge >= 0.3 is 5.97 Å². The first kappa shape index (κ1) is 23.6. The van der Waals surface area contributed by atoms with Crippen LogP contribution in [0.5, 0.6) is 0 Å². The molecule has 2 N–H and O–H groups in total. The van der Waals surface area contributed by atoms with E-state index in [4.69, 9.17) is 4.74 Å².